The Morgan fingerprint density at radius 3 is 2.71 bits per heavy atom. The van der Waals surface area contributed by atoms with Crippen molar-refractivity contribution in [1.29, 1.82) is 0 Å². The average Bonchev–Trinajstić information content (AvgIpc) is 3.25. The van der Waals surface area contributed by atoms with Gasteiger partial charge in [-0.05, 0) is 24.7 Å². The van der Waals surface area contributed by atoms with Gasteiger partial charge in [-0.1, -0.05) is 26.7 Å². The fourth-order valence-corrected chi connectivity index (χ4v) is 5.22. The molecule has 3 fully saturated rings. The van der Waals surface area contributed by atoms with Crippen LogP contribution in [0, 0.1) is 17.8 Å². The molecule has 0 radical (unpaired) electrons. The molecular weight excluding hydrogens is 327 g/mol. The molecule has 6 heteroatoms. The van der Waals surface area contributed by atoms with Crippen LogP contribution in [0.1, 0.15) is 58.8 Å². The Labute approximate surface area is 148 Å². The smallest absolute Gasteiger partial charge is 0.171 e. The zero-order valence-corrected chi connectivity index (χ0v) is 16.1. The SMILES string of the molecule is CCCCC(C)C1(CCC2C(OP)CC3OC(O)CC32)OCCO1. The van der Waals surface area contributed by atoms with Gasteiger partial charge in [0.15, 0.2) is 12.1 Å². The second-order valence-electron chi connectivity index (χ2n) is 7.69. The lowest BCUT2D eigenvalue weighted by molar-refractivity contribution is -0.201. The van der Waals surface area contributed by atoms with Crippen LogP contribution in [-0.2, 0) is 18.7 Å². The second kappa shape index (κ2) is 8.28. The van der Waals surface area contributed by atoms with E-state index in [1.165, 1.54) is 12.8 Å². The quantitative estimate of drug-likeness (QED) is 0.674. The molecule has 2 saturated heterocycles. The van der Waals surface area contributed by atoms with Crippen molar-refractivity contribution < 1.29 is 23.8 Å². The van der Waals surface area contributed by atoms with Gasteiger partial charge in [0.25, 0.3) is 0 Å². The summed E-state index contributed by atoms with van der Waals surface area (Å²) in [6, 6.07) is 0. The molecule has 1 N–H and O–H groups in total. The number of aliphatic hydroxyl groups excluding tert-OH is 1. The van der Waals surface area contributed by atoms with E-state index in [1.54, 1.807) is 0 Å². The minimum absolute atomic E-state index is 0.134. The third-order valence-electron chi connectivity index (χ3n) is 6.29. The lowest BCUT2D eigenvalue weighted by Crippen LogP contribution is -2.39. The Hall–Kier alpha value is 0.230. The molecule has 7 atom stereocenters. The van der Waals surface area contributed by atoms with E-state index < -0.39 is 12.1 Å². The first-order valence-electron chi connectivity index (χ1n) is 9.56. The topological polar surface area (TPSA) is 57.2 Å². The first-order chi connectivity index (χ1) is 11.6. The molecule has 3 rings (SSSR count). The molecule has 5 nitrogen and oxygen atoms in total. The Morgan fingerprint density at radius 1 is 1.29 bits per heavy atom. The van der Waals surface area contributed by atoms with Crippen molar-refractivity contribution in [2.45, 2.75) is 83.1 Å². The van der Waals surface area contributed by atoms with E-state index in [2.05, 4.69) is 23.3 Å². The zero-order chi connectivity index (χ0) is 17.2. The van der Waals surface area contributed by atoms with Crippen LogP contribution >= 0.6 is 9.47 Å². The van der Waals surface area contributed by atoms with Crippen LogP contribution in [0.4, 0.5) is 0 Å². The summed E-state index contributed by atoms with van der Waals surface area (Å²) >= 11 is 0. The van der Waals surface area contributed by atoms with Crippen molar-refractivity contribution in [3.05, 3.63) is 0 Å². The van der Waals surface area contributed by atoms with E-state index in [1.807, 2.05) is 0 Å². The highest BCUT2D eigenvalue weighted by atomic mass is 31.0. The third kappa shape index (κ3) is 3.82. The lowest BCUT2D eigenvalue weighted by Gasteiger charge is -2.35. The molecule has 0 bridgehead atoms. The highest BCUT2D eigenvalue weighted by Crippen LogP contribution is 2.48. The van der Waals surface area contributed by atoms with Crippen molar-refractivity contribution in [2.75, 3.05) is 13.2 Å². The first-order valence-corrected chi connectivity index (χ1v) is 10.0. The molecule has 0 spiro atoms. The summed E-state index contributed by atoms with van der Waals surface area (Å²) in [6.07, 6.45) is 6.74. The van der Waals surface area contributed by atoms with E-state index in [9.17, 15) is 5.11 Å². The molecule has 24 heavy (non-hydrogen) atoms. The normalized spacial score (nSPS) is 39.2. The van der Waals surface area contributed by atoms with E-state index in [4.69, 9.17) is 18.7 Å². The summed E-state index contributed by atoms with van der Waals surface area (Å²) in [5.41, 5.74) is 0. The van der Waals surface area contributed by atoms with Gasteiger partial charge >= 0.3 is 0 Å². The molecule has 3 aliphatic rings. The monoisotopic (exact) mass is 360 g/mol. The minimum Gasteiger partial charge on any atom is -0.368 e. The molecule has 1 saturated carbocycles. The van der Waals surface area contributed by atoms with Crippen molar-refractivity contribution >= 4 is 9.47 Å². The van der Waals surface area contributed by atoms with E-state index in [0.717, 1.165) is 32.1 Å². The minimum atomic E-state index is -0.607. The lowest BCUT2D eigenvalue weighted by atomic mass is 9.83. The maximum absolute atomic E-state index is 9.81. The number of fused-ring (bicyclic) bond motifs is 1. The van der Waals surface area contributed by atoms with Crippen LogP contribution < -0.4 is 0 Å². The highest BCUT2D eigenvalue weighted by Gasteiger charge is 2.51. The van der Waals surface area contributed by atoms with E-state index in [-0.39, 0.29) is 12.2 Å². The molecule has 2 heterocycles. The largest absolute Gasteiger partial charge is 0.368 e. The van der Waals surface area contributed by atoms with Gasteiger partial charge < -0.3 is 23.8 Å². The second-order valence-corrected chi connectivity index (χ2v) is 7.97. The molecule has 0 aromatic rings. The van der Waals surface area contributed by atoms with Crippen molar-refractivity contribution in [3.63, 3.8) is 0 Å². The molecule has 0 aromatic heterocycles. The van der Waals surface area contributed by atoms with Crippen LogP contribution in [0.15, 0.2) is 0 Å². The predicted molar refractivity (Wildman–Crippen MR) is 94.2 cm³/mol. The summed E-state index contributed by atoms with van der Waals surface area (Å²) in [6.45, 7) is 5.86. The number of rotatable bonds is 8. The molecule has 0 amide bonds. The predicted octanol–water partition coefficient (Wildman–Crippen LogP) is 3.25. The van der Waals surface area contributed by atoms with Gasteiger partial charge in [-0.3, -0.25) is 0 Å². The summed E-state index contributed by atoms with van der Waals surface area (Å²) in [4.78, 5) is 0. The number of ether oxygens (including phenoxy) is 3. The summed E-state index contributed by atoms with van der Waals surface area (Å²) in [5.74, 6) is 0.747. The summed E-state index contributed by atoms with van der Waals surface area (Å²) in [5, 5.41) is 9.81. The van der Waals surface area contributed by atoms with Crippen LogP contribution in [0.5, 0.6) is 0 Å². The molecule has 0 aromatic carbocycles. The maximum atomic E-state index is 9.81. The van der Waals surface area contributed by atoms with Gasteiger partial charge in [0.1, 0.15) is 0 Å². The fourth-order valence-electron chi connectivity index (χ4n) is 4.90. The highest BCUT2D eigenvalue weighted by molar-refractivity contribution is 7.09. The fraction of sp³-hybridized carbons (Fsp3) is 1.00. The van der Waals surface area contributed by atoms with Gasteiger partial charge in [-0.15, -0.1) is 0 Å². The van der Waals surface area contributed by atoms with Gasteiger partial charge in [-0.25, -0.2) is 0 Å². The molecule has 2 aliphatic heterocycles. The average molecular weight is 360 g/mol. The Bertz CT molecular complexity index is 401. The Balaban J connectivity index is 1.63. The number of hydrogen-bond acceptors (Lipinski definition) is 5. The van der Waals surface area contributed by atoms with Gasteiger partial charge in [0, 0.05) is 34.6 Å². The number of unbranched alkanes of at least 4 members (excludes halogenated alkanes) is 1. The zero-order valence-electron chi connectivity index (χ0n) is 15.0. The number of aliphatic hydroxyl groups is 1. The standard InChI is InChI=1S/C18H33O5P/c1-3-4-5-12(2)18(20-8-9-21-18)7-6-13-14-10-17(19)22-15(14)11-16(13)23-24/h12-17,19H,3-11,24H2,1-2H3. The molecular formula is C18H33O5P. The summed E-state index contributed by atoms with van der Waals surface area (Å²) in [7, 11) is 2.41. The van der Waals surface area contributed by atoms with Crippen molar-refractivity contribution in [1.82, 2.24) is 0 Å². The Morgan fingerprint density at radius 2 is 2.04 bits per heavy atom. The van der Waals surface area contributed by atoms with Crippen LogP contribution in [0.25, 0.3) is 0 Å². The molecule has 7 unspecified atom stereocenters. The molecule has 140 valence electrons. The summed E-state index contributed by atoms with van der Waals surface area (Å²) < 4.78 is 23.5. The van der Waals surface area contributed by atoms with Gasteiger partial charge in [0.05, 0.1) is 25.4 Å². The van der Waals surface area contributed by atoms with E-state index >= 15 is 0 Å². The Kier molecular flexibility index (Phi) is 6.56. The van der Waals surface area contributed by atoms with Crippen LogP contribution in [0.3, 0.4) is 0 Å². The maximum Gasteiger partial charge on any atom is 0.171 e. The third-order valence-corrected chi connectivity index (χ3v) is 6.64. The van der Waals surface area contributed by atoms with E-state index in [0.29, 0.717) is 31.0 Å². The van der Waals surface area contributed by atoms with Gasteiger partial charge in [-0.2, -0.15) is 0 Å². The first kappa shape index (κ1) is 19.0. The van der Waals surface area contributed by atoms with Crippen LogP contribution in [0.2, 0.25) is 0 Å². The molecule has 1 aliphatic carbocycles. The van der Waals surface area contributed by atoms with Crippen LogP contribution in [-0.4, -0.2) is 42.6 Å². The van der Waals surface area contributed by atoms with Gasteiger partial charge in [0.2, 0.25) is 0 Å². The number of hydrogen-bond donors (Lipinski definition) is 1. The van der Waals surface area contributed by atoms with Crippen molar-refractivity contribution in [2.24, 2.45) is 17.8 Å². The van der Waals surface area contributed by atoms with Crippen molar-refractivity contribution in [3.8, 4) is 0 Å².